The van der Waals surface area contributed by atoms with E-state index in [0.29, 0.717) is 6.42 Å². The molecular weight excluding hydrogens is 302 g/mol. The van der Waals surface area contributed by atoms with E-state index in [-0.39, 0.29) is 17.4 Å². The maximum atomic E-state index is 12.1. The maximum Gasteiger partial charge on any atom is 0.225 e. The zero-order valence-electron chi connectivity index (χ0n) is 13.8. The molecule has 124 valence electrons. The Bertz CT molecular complexity index is 723. The van der Waals surface area contributed by atoms with E-state index in [2.05, 4.69) is 31.2 Å². The van der Waals surface area contributed by atoms with Gasteiger partial charge in [-0.15, -0.1) is 0 Å². The fraction of sp³-hybridized carbons (Fsp3) is 0.444. The molecule has 24 heavy (non-hydrogen) atoms. The normalized spacial score (nSPS) is 22.6. The summed E-state index contributed by atoms with van der Waals surface area (Å²) in [5, 5.41) is 3.26. The van der Waals surface area contributed by atoms with E-state index in [1.54, 1.807) is 6.20 Å². The van der Waals surface area contributed by atoms with Crippen LogP contribution in [0.1, 0.15) is 36.3 Å². The number of aromatic nitrogens is 3. The van der Waals surface area contributed by atoms with Crippen molar-refractivity contribution in [2.45, 2.75) is 37.6 Å². The van der Waals surface area contributed by atoms with Gasteiger partial charge in [-0.2, -0.15) is 0 Å². The van der Waals surface area contributed by atoms with Gasteiger partial charge in [0.15, 0.2) is 0 Å². The average molecular weight is 323 g/mol. The number of carbonyl (C=O) groups is 1. The number of carbonyl (C=O) groups excluding carboxylic acids is 1. The Kier molecular flexibility index (Phi) is 3.67. The molecule has 4 rings (SSSR count). The molecule has 4 heterocycles. The first kappa shape index (κ1) is 15.1. The van der Waals surface area contributed by atoms with Gasteiger partial charge < -0.3 is 10.2 Å². The monoisotopic (exact) mass is 323 g/mol. The lowest BCUT2D eigenvalue weighted by molar-refractivity contribution is -0.119. The standard InChI is InChI=1S/C18H21N5O/c1-13-10-20-17(21-11-13)23-7-4-18(5-8-23)15(9-16(24)22-18)14-3-2-6-19-12-14/h2-3,6,10-12,15H,4-5,7-9H2,1H3,(H,22,24)/t15-/m0/s1. The van der Waals surface area contributed by atoms with Gasteiger partial charge in [0.05, 0.1) is 5.54 Å². The fourth-order valence-electron chi connectivity index (χ4n) is 3.94. The van der Waals surface area contributed by atoms with Crippen LogP contribution < -0.4 is 10.2 Å². The summed E-state index contributed by atoms with van der Waals surface area (Å²) in [6, 6.07) is 4.02. The molecule has 2 fully saturated rings. The lowest BCUT2D eigenvalue weighted by Gasteiger charge is -2.42. The third-order valence-electron chi connectivity index (χ3n) is 5.24. The van der Waals surface area contributed by atoms with E-state index in [1.807, 2.05) is 31.6 Å². The summed E-state index contributed by atoms with van der Waals surface area (Å²) in [6.07, 6.45) is 9.71. The lowest BCUT2D eigenvalue weighted by atomic mass is 9.75. The van der Waals surface area contributed by atoms with Crippen molar-refractivity contribution in [1.29, 1.82) is 0 Å². The summed E-state index contributed by atoms with van der Waals surface area (Å²) in [5.74, 6) is 1.11. The van der Waals surface area contributed by atoms with Crippen molar-refractivity contribution in [3.05, 3.63) is 48.0 Å². The largest absolute Gasteiger partial charge is 0.350 e. The third-order valence-corrected chi connectivity index (χ3v) is 5.24. The minimum absolute atomic E-state index is 0.142. The molecule has 2 aromatic rings. The molecular formula is C18H21N5O. The average Bonchev–Trinajstić information content (AvgIpc) is 2.93. The number of pyridine rings is 1. The van der Waals surface area contributed by atoms with Crippen LogP contribution in [-0.4, -0.2) is 39.5 Å². The molecule has 0 aliphatic carbocycles. The Hall–Kier alpha value is -2.50. The van der Waals surface area contributed by atoms with Gasteiger partial charge in [0.25, 0.3) is 0 Å². The first-order valence-electron chi connectivity index (χ1n) is 8.41. The zero-order chi connectivity index (χ0) is 16.6. The van der Waals surface area contributed by atoms with Crippen LogP contribution in [0.5, 0.6) is 0 Å². The summed E-state index contributed by atoms with van der Waals surface area (Å²) < 4.78 is 0. The van der Waals surface area contributed by atoms with Crippen LogP contribution in [0.25, 0.3) is 0 Å². The topological polar surface area (TPSA) is 71.0 Å². The minimum atomic E-state index is -0.165. The Balaban J connectivity index is 1.54. The van der Waals surface area contributed by atoms with Crippen molar-refractivity contribution >= 4 is 11.9 Å². The first-order valence-corrected chi connectivity index (χ1v) is 8.41. The molecule has 2 saturated heterocycles. The molecule has 0 radical (unpaired) electrons. The van der Waals surface area contributed by atoms with E-state index >= 15 is 0 Å². The predicted octanol–water partition coefficient (Wildman–Crippen LogP) is 1.82. The second-order valence-corrected chi connectivity index (χ2v) is 6.79. The van der Waals surface area contributed by atoms with E-state index in [0.717, 1.165) is 43.0 Å². The third kappa shape index (κ3) is 2.62. The van der Waals surface area contributed by atoms with Crippen LogP contribution in [0.4, 0.5) is 5.95 Å². The van der Waals surface area contributed by atoms with Crippen molar-refractivity contribution in [3.8, 4) is 0 Å². The molecule has 2 aromatic heterocycles. The van der Waals surface area contributed by atoms with Crippen molar-refractivity contribution in [2.75, 3.05) is 18.0 Å². The minimum Gasteiger partial charge on any atom is -0.350 e. The molecule has 2 aliphatic heterocycles. The van der Waals surface area contributed by atoms with Gasteiger partial charge in [0.1, 0.15) is 0 Å². The van der Waals surface area contributed by atoms with Gasteiger partial charge in [0.2, 0.25) is 11.9 Å². The van der Waals surface area contributed by atoms with Gasteiger partial charge in [-0.25, -0.2) is 9.97 Å². The molecule has 0 saturated carbocycles. The van der Waals surface area contributed by atoms with Crippen LogP contribution >= 0.6 is 0 Å². The Morgan fingerprint density at radius 2 is 1.96 bits per heavy atom. The zero-order valence-corrected chi connectivity index (χ0v) is 13.8. The molecule has 1 amide bonds. The van der Waals surface area contributed by atoms with E-state index in [1.165, 1.54) is 0 Å². The number of aryl methyl sites for hydroxylation is 1. The van der Waals surface area contributed by atoms with Gasteiger partial charge in [0, 0.05) is 50.2 Å². The summed E-state index contributed by atoms with van der Waals surface area (Å²) in [5.41, 5.74) is 2.05. The van der Waals surface area contributed by atoms with Crippen LogP contribution in [0, 0.1) is 6.92 Å². The predicted molar refractivity (Wildman–Crippen MR) is 90.7 cm³/mol. The quantitative estimate of drug-likeness (QED) is 0.913. The van der Waals surface area contributed by atoms with E-state index in [4.69, 9.17) is 0 Å². The number of hydrogen-bond donors (Lipinski definition) is 1. The van der Waals surface area contributed by atoms with Gasteiger partial charge in [-0.05, 0) is 37.0 Å². The Labute approximate surface area is 141 Å². The Morgan fingerprint density at radius 1 is 1.21 bits per heavy atom. The number of rotatable bonds is 2. The van der Waals surface area contributed by atoms with Crippen LogP contribution in [-0.2, 0) is 4.79 Å². The fourth-order valence-corrected chi connectivity index (χ4v) is 3.94. The Morgan fingerprint density at radius 3 is 2.62 bits per heavy atom. The SMILES string of the molecule is Cc1cnc(N2CCC3(CC2)NC(=O)C[C@H]3c2cccnc2)nc1. The summed E-state index contributed by atoms with van der Waals surface area (Å²) in [7, 11) is 0. The molecule has 0 aromatic carbocycles. The molecule has 6 heteroatoms. The number of nitrogens with zero attached hydrogens (tertiary/aromatic N) is 4. The number of nitrogens with one attached hydrogen (secondary N) is 1. The van der Waals surface area contributed by atoms with Crippen LogP contribution in [0.2, 0.25) is 0 Å². The maximum absolute atomic E-state index is 12.1. The second kappa shape index (κ2) is 5.85. The van der Waals surface area contributed by atoms with Gasteiger partial charge >= 0.3 is 0 Å². The number of piperidine rings is 1. The smallest absolute Gasteiger partial charge is 0.225 e. The van der Waals surface area contributed by atoms with Crippen molar-refractivity contribution in [3.63, 3.8) is 0 Å². The summed E-state index contributed by atoms with van der Waals surface area (Å²) in [4.78, 5) is 27.4. The van der Waals surface area contributed by atoms with Crippen LogP contribution in [0.15, 0.2) is 36.9 Å². The summed E-state index contributed by atoms with van der Waals surface area (Å²) >= 11 is 0. The molecule has 6 nitrogen and oxygen atoms in total. The summed E-state index contributed by atoms with van der Waals surface area (Å²) in [6.45, 7) is 3.68. The van der Waals surface area contributed by atoms with E-state index < -0.39 is 0 Å². The molecule has 1 atom stereocenters. The highest BCUT2D eigenvalue weighted by Gasteiger charge is 2.48. The molecule has 1 N–H and O–H groups in total. The van der Waals surface area contributed by atoms with E-state index in [9.17, 15) is 4.79 Å². The van der Waals surface area contributed by atoms with Crippen molar-refractivity contribution in [2.24, 2.45) is 0 Å². The van der Waals surface area contributed by atoms with Crippen molar-refractivity contribution < 1.29 is 4.79 Å². The second-order valence-electron chi connectivity index (χ2n) is 6.79. The van der Waals surface area contributed by atoms with Crippen LogP contribution in [0.3, 0.4) is 0 Å². The highest BCUT2D eigenvalue weighted by Crippen LogP contribution is 2.43. The van der Waals surface area contributed by atoms with Crippen molar-refractivity contribution in [1.82, 2.24) is 20.3 Å². The highest BCUT2D eigenvalue weighted by molar-refractivity contribution is 5.81. The molecule has 1 spiro atoms. The lowest BCUT2D eigenvalue weighted by Crippen LogP contribution is -2.53. The highest BCUT2D eigenvalue weighted by atomic mass is 16.2. The van der Waals surface area contributed by atoms with Gasteiger partial charge in [-0.3, -0.25) is 9.78 Å². The molecule has 2 aliphatic rings. The molecule has 0 unspecified atom stereocenters. The number of hydrogen-bond acceptors (Lipinski definition) is 5. The number of anilines is 1. The first-order chi connectivity index (χ1) is 11.7. The van der Waals surface area contributed by atoms with Gasteiger partial charge in [-0.1, -0.05) is 6.07 Å². The molecule has 0 bridgehead atoms. The number of amides is 1.